The molecule has 0 aliphatic carbocycles. The van der Waals surface area contributed by atoms with E-state index in [1.165, 1.54) is 36.0 Å². The lowest BCUT2D eigenvalue weighted by atomic mass is 10.1. The van der Waals surface area contributed by atoms with E-state index in [0.717, 1.165) is 12.0 Å². The van der Waals surface area contributed by atoms with E-state index in [9.17, 15) is 18.0 Å². The van der Waals surface area contributed by atoms with Crippen molar-refractivity contribution in [3.8, 4) is 0 Å². The summed E-state index contributed by atoms with van der Waals surface area (Å²) < 4.78 is 25.8. The van der Waals surface area contributed by atoms with Crippen LogP contribution in [0.4, 0.5) is 0 Å². The molecular formula is C17H15NO4S2. The van der Waals surface area contributed by atoms with Crippen molar-refractivity contribution in [3.63, 3.8) is 0 Å². The number of benzene rings is 2. The Hall–Kier alpha value is -1.96. The summed E-state index contributed by atoms with van der Waals surface area (Å²) in [5.74, 6) is 0.745. The number of nitrogens with one attached hydrogen (secondary N) is 1. The maximum absolute atomic E-state index is 12.9. The molecule has 2 aromatic carbocycles. The minimum absolute atomic E-state index is 0.0756. The van der Waals surface area contributed by atoms with Crippen molar-refractivity contribution in [1.29, 1.82) is 0 Å². The number of carbonyl (C=O) groups excluding carboxylic acids is 2. The number of sulfone groups is 1. The zero-order valence-electron chi connectivity index (χ0n) is 12.6. The SMILES string of the molecule is O=Cc1ccc(C2(C=O)NCCS2)cc1S(=O)(=O)c1ccccc1. The third-order valence-electron chi connectivity index (χ3n) is 3.90. The zero-order chi connectivity index (χ0) is 17.2. The van der Waals surface area contributed by atoms with Crippen molar-refractivity contribution in [2.75, 3.05) is 12.3 Å². The van der Waals surface area contributed by atoms with Crippen LogP contribution in [0, 0.1) is 0 Å². The van der Waals surface area contributed by atoms with Gasteiger partial charge in [0.2, 0.25) is 9.84 Å². The van der Waals surface area contributed by atoms with Crippen molar-refractivity contribution in [2.24, 2.45) is 0 Å². The van der Waals surface area contributed by atoms with Crippen LogP contribution >= 0.6 is 11.8 Å². The molecule has 1 heterocycles. The fourth-order valence-corrected chi connectivity index (χ4v) is 5.22. The first-order chi connectivity index (χ1) is 11.5. The second-order valence-corrected chi connectivity index (χ2v) is 8.57. The summed E-state index contributed by atoms with van der Waals surface area (Å²) in [6.45, 7) is 0.652. The maximum atomic E-state index is 12.9. The minimum atomic E-state index is -3.85. The summed E-state index contributed by atoms with van der Waals surface area (Å²) >= 11 is 1.41. The average molecular weight is 361 g/mol. The Labute approximate surface area is 144 Å². The van der Waals surface area contributed by atoms with E-state index in [-0.39, 0.29) is 15.4 Å². The lowest BCUT2D eigenvalue weighted by Gasteiger charge is -2.23. The molecule has 1 aliphatic rings. The van der Waals surface area contributed by atoms with Gasteiger partial charge in [0.15, 0.2) is 12.6 Å². The van der Waals surface area contributed by atoms with Gasteiger partial charge in [-0.05, 0) is 29.8 Å². The van der Waals surface area contributed by atoms with Gasteiger partial charge in [-0.25, -0.2) is 8.42 Å². The molecule has 1 unspecified atom stereocenters. The largest absolute Gasteiger partial charge is 0.300 e. The van der Waals surface area contributed by atoms with Crippen molar-refractivity contribution in [3.05, 3.63) is 59.7 Å². The summed E-state index contributed by atoms with van der Waals surface area (Å²) in [5, 5.41) is 3.10. The van der Waals surface area contributed by atoms with E-state index in [1.54, 1.807) is 24.3 Å². The van der Waals surface area contributed by atoms with Gasteiger partial charge in [0, 0.05) is 17.9 Å². The molecule has 0 radical (unpaired) electrons. The number of carbonyl (C=O) groups is 2. The van der Waals surface area contributed by atoms with Gasteiger partial charge < -0.3 is 0 Å². The highest BCUT2D eigenvalue weighted by Gasteiger charge is 2.37. The van der Waals surface area contributed by atoms with Gasteiger partial charge in [-0.3, -0.25) is 14.9 Å². The number of thioether (sulfide) groups is 1. The number of hydrogen-bond acceptors (Lipinski definition) is 6. The predicted molar refractivity (Wildman–Crippen MR) is 91.9 cm³/mol. The molecule has 3 rings (SSSR count). The van der Waals surface area contributed by atoms with E-state index in [2.05, 4.69) is 5.32 Å². The molecule has 1 aliphatic heterocycles. The molecule has 1 N–H and O–H groups in total. The molecule has 0 bridgehead atoms. The predicted octanol–water partition coefficient (Wildman–Crippen LogP) is 2.02. The van der Waals surface area contributed by atoms with Gasteiger partial charge in [0.1, 0.15) is 4.87 Å². The van der Waals surface area contributed by atoms with Crippen LogP contribution in [-0.4, -0.2) is 33.3 Å². The third-order valence-corrected chi connectivity index (χ3v) is 7.06. The first-order valence-corrected chi connectivity index (χ1v) is 9.75. The van der Waals surface area contributed by atoms with Gasteiger partial charge in [-0.15, -0.1) is 11.8 Å². The van der Waals surface area contributed by atoms with Crippen LogP contribution in [0.2, 0.25) is 0 Å². The molecule has 0 saturated carbocycles. The van der Waals surface area contributed by atoms with E-state index < -0.39 is 14.7 Å². The molecule has 124 valence electrons. The van der Waals surface area contributed by atoms with Crippen LogP contribution in [0.3, 0.4) is 0 Å². The topological polar surface area (TPSA) is 80.3 Å². The highest BCUT2D eigenvalue weighted by atomic mass is 32.2. The number of hydrogen-bond donors (Lipinski definition) is 1. The molecule has 5 nitrogen and oxygen atoms in total. The maximum Gasteiger partial charge on any atom is 0.207 e. The van der Waals surface area contributed by atoms with Crippen LogP contribution in [0.25, 0.3) is 0 Å². The Morgan fingerprint density at radius 2 is 1.83 bits per heavy atom. The van der Waals surface area contributed by atoms with Gasteiger partial charge in [0.25, 0.3) is 0 Å². The fourth-order valence-electron chi connectivity index (χ4n) is 2.65. The molecule has 0 aromatic heterocycles. The van der Waals surface area contributed by atoms with Gasteiger partial charge in [-0.1, -0.05) is 24.3 Å². The summed E-state index contributed by atoms with van der Waals surface area (Å²) in [5.41, 5.74) is 0.603. The Balaban J connectivity index is 2.19. The minimum Gasteiger partial charge on any atom is -0.300 e. The normalized spacial score (nSPS) is 20.7. The lowest BCUT2D eigenvalue weighted by molar-refractivity contribution is -0.110. The third kappa shape index (κ3) is 2.79. The monoisotopic (exact) mass is 361 g/mol. The molecule has 1 saturated heterocycles. The fraction of sp³-hybridized carbons (Fsp3) is 0.176. The second kappa shape index (κ2) is 6.51. The van der Waals surface area contributed by atoms with Crippen LogP contribution in [0.1, 0.15) is 15.9 Å². The van der Waals surface area contributed by atoms with Crippen molar-refractivity contribution >= 4 is 34.2 Å². The molecule has 1 atom stereocenters. The van der Waals surface area contributed by atoms with E-state index in [1.807, 2.05) is 0 Å². The van der Waals surface area contributed by atoms with Crippen molar-refractivity contribution in [2.45, 2.75) is 14.7 Å². The second-order valence-electron chi connectivity index (χ2n) is 5.32. The summed E-state index contributed by atoms with van der Waals surface area (Å²) in [7, 11) is -3.85. The molecule has 0 amide bonds. The molecule has 2 aromatic rings. The summed E-state index contributed by atoms with van der Waals surface area (Å²) in [6, 6.07) is 12.4. The summed E-state index contributed by atoms with van der Waals surface area (Å²) in [4.78, 5) is 22.0. The van der Waals surface area contributed by atoms with Crippen LogP contribution in [-0.2, 0) is 19.5 Å². The molecular weight excluding hydrogens is 346 g/mol. The number of rotatable bonds is 5. The van der Waals surface area contributed by atoms with Crippen LogP contribution in [0.5, 0.6) is 0 Å². The average Bonchev–Trinajstić information content (AvgIpc) is 3.12. The van der Waals surface area contributed by atoms with Gasteiger partial charge in [0.05, 0.1) is 9.79 Å². The van der Waals surface area contributed by atoms with E-state index >= 15 is 0 Å². The molecule has 0 spiro atoms. The smallest absolute Gasteiger partial charge is 0.207 e. The quantitative estimate of drug-likeness (QED) is 0.821. The Bertz CT molecular complexity index is 873. The van der Waals surface area contributed by atoms with Crippen molar-refractivity contribution < 1.29 is 18.0 Å². The van der Waals surface area contributed by atoms with E-state index in [4.69, 9.17) is 0 Å². The van der Waals surface area contributed by atoms with Crippen molar-refractivity contribution in [1.82, 2.24) is 5.32 Å². The molecule has 1 fully saturated rings. The van der Waals surface area contributed by atoms with Crippen LogP contribution < -0.4 is 5.32 Å². The Morgan fingerprint density at radius 1 is 1.08 bits per heavy atom. The first-order valence-electron chi connectivity index (χ1n) is 7.29. The molecule has 24 heavy (non-hydrogen) atoms. The lowest BCUT2D eigenvalue weighted by Crippen LogP contribution is -2.36. The highest BCUT2D eigenvalue weighted by molar-refractivity contribution is 8.01. The highest BCUT2D eigenvalue weighted by Crippen LogP contribution is 2.37. The van der Waals surface area contributed by atoms with Gasteiger partial charge >= 0.3 is 0 Å². The Kier molecular flexibility index (Phi) is 4.58. The Morgan fingerprint density at radius 3 is 2.42 bits per heavy atom. The van der Waals surface area contributed by atoms with E-state index in [0.29, 0.717) is 18.4 Å². The standard InChI is InChI=1S/C17H15NO4S2/c19-11-13-6-7-14(17(12-20)18-8-9-23-17)10-16(13)24(21,22)15-4-2-1-3-5-15/h1-7,10-12,18H,8-9H2. The zero-order valence-corrected chi connectivity index (χ0v) is 14.3. The molecule has 7 heteroatoms. The summed E-state index contributed by atoms with van der Waals surface area (Å²) in [6.07, 6.45) is 1.29. The van der Waals surface area contributed by atoms with Crippen LogP contribution in [0.15, 0.2) is 58.3 Å². The number of aldehydes is 2. The first kappa shape index (κ1) is 16.9. The van der Waals surface area contributed by atoms with Gasteiger partial charge in [-0.2, -0.15) is 0 Å².